The first-order valence-corrected chi connectivity index (χ1v) is 6.76. The summed E-state index contributed by atoms with van der Waals surface area (Å²) in [7, 11) is 0. The van der Waals surface area contributed by atoms with Gasteiger partial charge in [-0.2, -0.15) is 0 Å². The summed E-state index contributed by atoms with van der Waals surface area (Å²) in [5.74, 6) is 0. The molecule has 0 fully saturated rings. The highest BCUT2D eigenvalue weighted by atomic mass is 79.9. The summed E-state index contributed by atoms with van der Waals surface area (Å²) in [4.78, 5) is 15.1. The molecule has 0 spiro atoms. The van der Waals surface area contributed by atoms with E-state index in [2.05, 4.69) is 20.9 Å². The second-order valence-corrected chi connectivity index (χ2v) is 5.87. The van der Waals surface area contributed by atoms with Crippen LogP contribution in [0.15, 0.2) is 29.1 Å². The number of amides is 1. The number of hydrogen-bond donors (Lipinski definition) is 1. The number of carbonyl (C=O) groups is 1. The van der Waals surface area contributed by atoms with E-state index in [0.717, 1.165) is 22.1 Å². The van der Waals surface area contributed by atoms with Crippen LogP contribution in [0.3, 0.4) is 0 Å². The highest BCUT2D eigenvalue weighted by molar-refractivity contribution is 9.10. The summed E-state index contributed by atoms with van der Waals surface area (Å²) in [6.45, 7) is 3.69. The van der Waals surface area contributed by atoms with Gasteiger partial charge < -0.3 is 14.9 Å². The second kappa shape index (κ2) is 5.21. The summed E-state index contributed by atoms with van der Waals surface area (Å²) in [5, 5.41) is 0. The monoisotopic (exact) mass is 325 g/mol. The van der Waals surface area contributed by atoms with E-state index in [0.29, 0.717) is 6.42 Å². The first kappa shape index (κ1) is 13.9. The Bertz CT molecular complexity index is 607. The smallest absolute Gasteiger partial charge is 0.405 e. The molecule has 0 unspecified atom stereocenters. The van der Waals surface area contributed by atoms with Gasteiger partial charge >= 0.3 is 6.09 Å². The van der Waals surface area contributed by atoms with Crippen molar-refractivity contribution < 1.29 is 9.53 Å². The fourth-order valence-corrected chi connectivity index (χ4v) is 2.46. The molecule has 19 heavy (non-hydrogen) atoms. The van der Waals surface area contributed by atoms with Crippen LogP contribution < -0.4 is 5.73 Å². The summed E-state index contributed by atoms with van der Waals surface area (Å²) in [6.07, 6.45) is 6.33. The van der Waals surface area contributed by atoms with Gasteiger partial charge in [0.25, 0.3) is 0 Å². The molecule has 0 radical (unpaired) electrons. The highest BCUT2D eigenvalue weighted by Gasteiger charge is 2.22. The Hall–Kier alpha value is -1.56. The van der Waals surface area contributed by atoms with Crippen molar-refractivity contribution in [1.29, 1.82) is 0 Å². The standard InChI is InChI=1S/C13H16BrN3O2/c1-13(2,19-12(15)18)4-3-9-7-11-16-5-6-17(11)8-10(9)14/h5-8H,3-4H2,1-2H3,(H2,15,18). The molecule has 0 bridgehead atoms. The first-order chi connectivity index (χ1) is 8.87. The lowest BCUT2D eigenvalue weighted by Gasteiger charge is -2.24. The number of pyridine rings is 1. The van der Waals surface area contributed by atoms with E-state index in [9.17, 15) is 4.79 Å². The lowest BCUT2D eigenvalue weighted by atomic mass is 9.99. The molecular weight excluding hydrogens is 310 g/mol. The van der Waals surface area contributed by atoms with Gasteiger partial charge in [-0.05, 0) is 54.2 Å². The number of hydrogen-bond acceptors (Lipinski definition) is 3. The van der Waals surface area contributed by atoms with Crippen LogP contribution in [0.2, 0.25) is 0 Å². The van der Waals surface area contributed by atoms with E-state index in [4.69, 9.17) is 10.5 Å². The van der Waals surface area contributed by atoms with Crippen LogP contribution in [0.4, 0.5) is 4.79 Å². The third-order valence-electron chi connectivity index (χ3n) is 2.93. The number of nitrogens with two attached hydrogens (primary N) is 1. The molecular formula is C13H16BrN3O2. The number of primary amides is 1. The maximum Gasteiger partial charge on any atom is 0.405 e. The molecule has 2 rings (SSSR count). The van der Waals surface area contributed by atoms with E-state index in [-0.39, 0.29) is 0 Å². The Morgan fingerprint density at radius 3 is 3.00 bits per heavy atom. The number of aromatic nitrogens is 2. The maximum absolute atomic E-state index is 10.8. The zero-order chi connectivity index (χ0) is 14.0. The van der Waals surface area contributed by atoms with Gasteiger partial charge in [0.1, 0.15) is 11.2 Å². The number of aryl methyl sites for hydroxylation is 1. The van der Waals surface area contributed by atoms with Crippen LogP contribution in [-0.2, 0) is 11.2 Å². The van der Waals surface area contributed by atoms with Crippen LogP contribution in [0, 0.1) is 0 Å². The Morgan fingerprint density at radius 2 is 2.32 bits per heavy atom. The van der Waals surface area contributed by atoms with Crippen molar-refractivity contribution >= 4 is 27.7 Å². The van der Waals surface area contributed by atoms with E-state index >= 15 is 0 Å². The quantitative estimate of drug-likeness (QED) is 0.939. The minimum Gasteiger partial charge on any atom is -0.444 e. The summed E-state index contributed by atoms with van der Waals surface area (Å²) < 4.78 is 8.02. The fraction of sp³-hybridized carbons (Fsp3) is 0.385. The molecule has 0 aliphatic carbocycles. The molecule has 2 N–H and O–H groups in total. The number of carbonyl (C=O) groups excluding carboxylic acids is 1. The fourth-order valence-electron chi connectivity index (χ4n) is 1.93. The molecule has 0 atom stereocenters. The zero-order valence-corrected chi connectivity index (χ0v) is 12.5. The molecule has 0 aliphatic heterocycles. The molecule has 0 aliphatic rings. The molecule has 0 saturated heterocycles. The van der Waals surface area contributed by atoms with Gasteiger partial charge in [0.05, 0.1) is 0 Å². The molecule has 5 nitrogen and oxygen atoms in total. The summed E-state index contributed by atoms with van der Waals surface area (Å²) >= 11 is 3.54. The molecule has 2 aromatic rings. The molecule has 2 heterocycles. The topological polar surface area (TPSA) is 69.6 Å². The third kappa shape index (κ3) is 3.47. The lowest BCUT2D eigenvalue weighted by molar-refractivity contribution is 0.0394. The largest absolute Gasteiger partial charge is 0.444 e. The van der Waals surface area contributed by atoms with E-state index in [1.165, 1.54) is 0 Å². The van der Waals surface area contributed by atoms with Crippen molar-refractivity contribution in [2.75, 3.05) is 0 Å². The minimum absolute atomic E-state index is 0.577. The summed E-state index contributed by atoms with van der Waals surface area (Å²) in [6, 6.07) is 2.02. The Morgan fingerprint density at radius 1 is 1.58 bits per heavy atom. The molecule has 6 heteroatoms. The molecule has 2 aromatic heterocycles. The number of ether oxygens (including phenoxy) is 1. The molecule has 0 aromatic carbocycles. The Labute approximate surface area is 119 Å². The van der Waals surface area contributed by atoms with Crippen molar-refractivity contribution in [3.63, 3.8) is 0 Å². The van der Waals surface area contributed by atoms with Gasteiger partial charge in [-0.3, -0.25) is 0 Å². The van der Waals surface area contributed by atoms with Gasteiger partial charge in [-0.1, -0.05) is 0 Å². The average molecular weight is 326 g/mol. The van der Waals surface area contributed by atoms with Crippen molar-refractivity contribution in [1.82, 2.24) is 9.38 Å². The van der Waals surface area contributed by atoms with Gasteiger partial charge in [0.15, 0.2) is 0 Å². The van der Waals surface area contributed by atoms with E-state index in [1.807, 2.05) is 36.7 Å². The maximum atomic E-state index is 10.8. The van der Waals surface area contributed by atoms with Crippen LogP contribution in [0.25, 0.3) is 5.65 Å². The van der Waals surface area contributed by atoms with Gasteiger partial charge in [0.2, 0.25) is 0 Å². The molecule has 1 amide bonds. The molecule has 102 valence electrons. The third-order valence-corrected chi connectivity index (χ3v) is 3.65. The number of rotatable bonds is 4. The second-order valence-electron chi connectivity index (χ2n) is 5.02. The van der Waals surface area contributed by atoms with Crippen molar-refractivity contribution in [3.05, 3.63) is 34.7 Å². The minimum atomic E-state index is -0.743. The number of nitrogens with zero attached hydrogens (tertiary/aromatic N) is 2. The average Bonchev–Trinajstić information content (AvgIpc) is 2.71. The van der Waals surface area contributed by atoms with Gasteiger partial charge in [0, 0.05) is 23.1 Å². The zero-order valence-electron chi connectivity index (χ0n) is 10.9. The van der Waals surface area contributed by atoms with Gasteiger partial charge in [-0.25, -0.2) is 9.78 Å². The predicted molar refractivity (Wildman–Crippen MR) is 76.0 cm³/mol. The number of fused-ring (bicyclic) bond motifs is 1. The van der Waals surface area contributed by atoms with Crippen LogP contribution in [0.5, 0.6) is 0 Å². The SMILES string of the molecule is CC(C)(CCc1cc2nccn2cc1Br)OC(N)=O. The summed E-state index contributed by atoms with van der Waals surface area (Å²) in [5.41, 5.74) is 6.50. The predicted octanol–water partition coefficient (Wildman–Crippen LogP) is 2.90. The highest BCUT2D eigenvalue weighted by Crippen LogP contribution is 2.24. The van der Waals surface area contributed by atoms with Crippen LogP contribution in [-0.4, -0.2) is 21.1 Å². The first-order valence-electron chi connectivity index (χ1n) is 5.97. The van der Waals surface area contributed by atoms with E-state index in [1.54, 1.807) is 6.20 Å². The van der Waals surface area contributed by atoms with Crippen molar-refractivity contribution in [2.24, 2.45) is 5.73 Å². The number of imidazole rings is 1. The van der Waals surface area contributed by atoms with Crippen molar-refractivity contribution in [2.45, 2.75) is 32.3 Å². The van der Waals surface area contributed by atoms with E-state index < -0.39 is 11.7 Å². The lowest BCUT2D eigenvalue weighted by Crippen LogP contribution is -2.31. The van der Waals surface area contributed by atoms with Crippen molar-refractivity contribution in [3.8, 4) is 0 Å². The van der Waals surface area contributed by atoms with Crippen LogP contribution >= 0.6 is 15.9 Å². The number of halogens is 1. The van der Waals surface area contributed by atoms with Crippen LogP contribution in [0.1, 0.15) is 25.8 Å². The molecule has 0 saturated carbocycles. The van der Waals surface area contributed by atoms with Gasteiger partial charge in [-0.15, -0.1) is 0 Å². The normalized spacial score (nSPS) is 11.7. The Kier molecular flexibility index (Phi) is 3.80. The Balaban J connectivity index is 2.12.